The molecular weight excluding hydrogens is 185 g/mol. The lowest BCUT2D eigenvalue weighted by Gasteiger charge is -2.16. The van der Waals surface area contributed by atoms with Gasteiger partial charge in [-0.1, -0.05) is 18.2 Å². The molecule has 0 amide bonds. The van der Waals surface area contributed by atoms with Gasteiger partial charge in [-0.3, -0.25) is 0 Å². The Kier molecular flexibility index (Phi) is 3.06. The van der Waals surface area contributed by atoms with Crippen LogP contribution in [0.15, 0.2) is 30.3 Å². The molecule has 0 aliphatic heterocycles. The molecule has 0 aromatic heterocycles. The van der Waals surface area contributed by atoms with Crippen LogP contribution in [0.2, 0.25) is 0 Å². The van der Waals surface area contributed by atoms with Crippen LogP contribution in [0.4, 0.5) is 10.1 Å². The molecule has 3 nitrogen and oxygen atoms in total. The van der Waals surface area contributed by atoms with Crippen LogP contribution in [-0.4, -0.2) is 23.3 Å². The van der Waals surface area contributed by atoms with E-state index in [-0.39, 0.29) is 6.54 Å². The van der Waals surface area contributed by atoms with Gasteiger partial charge < -0.3 is 10.4 Å². The zero-order chi connectivity index (χ0) is 10.6. The van der Waals surface area contributed by atoms with Gasteiger partial charge in [-0.2, -0.15) is 0 Å². The number of carboxylic acid groups (broad SMARTS) is 1. The number of carbonyl (C=O) groups is 1. The molecule has 1 atom stereocenters. The molecule has 0 bridgehead atoms. The standard InChI is InChI=1S/C10H12FNO2/c1-10(11,9(13)14)7-12-8-5-3-2-4-6-8/h2-6,12H,7H2,1H3,(H,13,14). The summed E-state index contributed by atoms with van der Waals surface area (Å²) in [5.41, 5.74) is -1.53. The minimum Gasteiger partial charge on any atom is -0.479 e. The summed E-state index contributed by atoms with van der Waals surface area (Å²) in [6.45, 7) is 0.789. The van der Waals surface area contributed by atoms with Crippen LogP contribution in [0.5, 0.6) is 0 Å². The molecule has 0 saturated heterocycles. The van der Waals surface area contributed by atoms with Gasteiger partial charge in [0.25, 0.3) is 0 Å². The maximum Gasteiger partial charge on any atom is 0.343 e. The Hall–Kier alpha value is -1.58. The minimum absolute atomic E-state index is 0.244. The van der Waals surface area contributed by atoms with Gasteiger partial charge in [-0.25, -0.2) is 9.18 Å². The van der Waals surface area contributed by atoms with Gasteiger partial charge in [0.15, 0.2) is 0 Å². The molecule has 0 aliphatic rings. The van der Waals surface area contributed by atoms with Crippen LogP contribution >= 0.6 is 0 Å². The smallest absolute Gasteiger partial charge is 0.343 e. The molecule has 14 heavy (non-hydrogen) atoms. The number of hydrogen-bond acceptors (Lipinski definition) is 2. The van der Waals surface area contributed by atoms with Gasteiger partial charge in [0.1, 0.15) is 0 Å². The molecule has 76 valence electrons. The number of carboxylic acids is 1. The second-order valence-electron chi connectivity index (χ2n) is 3.22. The lowest BCUT2D eigenvalue weighted by Crippen LogP contribution is -2.37. The quantitative estimate of drug-likeness (QED) is 0.775. The Balaban J connectivity index is 2.53. The fourth-order valence-electron chi connectivity index (χ4n) is 0.900. The molecule has 1 unspecified atom stereocenters. The first-order valence-corrected chi connectivity index (χ1v) is 4.23. The van der Waals surface area contributed by atoms with Gasteiger partial charge >= 0.3 is 5.97 Å². The van der Waals surface area contributed by atoms with E-state index in [1.807, 2.05) is 6.07 Å². The topological polar surface area (TPSA) is 49.3 Å². The summed E-state index contributed by atoms with van der Waals surface area (Å²) in [7, 11) is 0. The van der Waals surface area contributed by atoms with Crippen LogP contribution in [0.25, 0.3) is 0 Å². The van der Waals surface area contributed by atoms with Crippen molar-refractivity contribution in [1.29, 1.82) is 0 Å². The molecular formula is C10H12FNO2. The van der Waals surface area contributed by atoms with Gasteiger partial charge in [0, 0.05) is 5.69 Å². The summed E-state index contributed by atoms with van der Waals surface area (Å²) in [6, 6.07) is 8.91. The lowest BCUT2D eigenvalue weighted by atomic mass is 10.1. The Morgan fingerprint density at radius 1 is 1.50 bits per heavy atom. The number of para-hydroxylation sites is 1. The normalized spacial score (nSPS) is 14.4. The first kappa shape index (κ1) is 10.5. The molecule has 1 aromatic rings. The van der Waals surface area contributed by atoms with E-state index in [0.29, 0.717) is 5.69 Å². The molecule has 4 heteroatoms. The van der Waals surface area contributed by atoms with Crippen molar-refractivity contribution in [2.75, 3.05) is 11.9 Å². The van der Waals surface area contributed by atoms with E-state index in [2.05, 4.69) is 5.32 Å². The molecule has 2 N–H and O–H groups in total. The number of halogens is 1. The zero-order valence-electron chi connectivity index (χ0n) is 7.83. The summed E-state index contributed by atoms with van der Waals surface area (Å²) >= 11 is 0. The summed E-state index contributed by atoms with van der Waals surface area (Å²) in [5, 5.41) is 11.2. The largest absolute Gasteiger partial charge is 0.479 e. The third kappa shape index (κ3) is 2.73. The number of anilines is 1. The minimum atomic E-state index is -2.24. The fourth-order valence-corrected chi connectivity index (χ4v) is 0.900. The molecule has 1 rings (SSSR count). The lowest BCUT2D eigenvalue weighted by molar-refractivity contribution is -0.148. The van der Waals surface area contributed by atoms with Crippen molar-refractivity contribution in [2.24, 2.45) is 0 Å². The molecule has 1 aromatic carbocycles. The number of hydrogen-bond donors (Lipinski definition) is 2. The van der Waals surface area contributed by atoms with Crippen LogP contribution < -0.4 is 5.32 Å². The maximum atomic E-state index is 13.2. The highest BCUT2D eigenvalue weighted by Crippen LogP contribution is 2.12. The van der Waals surface area contributed by atoms with Crippen molar-refractivity contribution in [3.63, 3.8) is 0 Å². The average Bonchev–Trinajstić information content (AvgIpc) is 2.16. The fraction of sp³-hybridized carbons (Fsp3) is 0.300. The molecule has 0 aliphatic carbocycles. The number of alkyl halides is 1. The molecule has 0 fully saturated rings. The predicted octanol–water partition coefficient (Wildman–Crippen LogP) is 1.91. The van der Waals surface area contributed by atoms with E-state index in [0.717, 1.165) is 6.92 Å². The van der Waals surface area contributed by atoms with Gasteiger partial charge in [0.05, 0.1) is 6.54 Å². The number of rotatable bonds is 4. The van der Waals surface area contributed by atoms with Crippen LogP contribution in [0.1, 0.15) is 6.92 Å². The van der Waals surface area contributed by atoms with Crippen LogP contribution in [0.3, 0.4) is 0 Å². The van der Waals surface area contributed by atoms with Crippen LogP contribution in [-0.2, 0) is 4.79 Å². The predicted molar refractivity (Wildman–Crippen MR) is 52.1 cm³/mol. The molecule has 0 radical (unpaired) electrons. The van der Waals surface area contributed by atoms with E-state index < -0.39 is 11.6 Å². The molecule has 0 heterocycles. The molecule has 0 spiro atoms. The second-order valence-corrected chi connectivity index (χ2v) is 3.22. The summed E-state index contributed by atoms with van der Waals surface area (Å²) in [6.07, 6.45) is 0. The van der Waals surface area contributed by atoms with Crippen LogP contribution in [0, 0.1) is 0 Å². The Morgan fingerprint density at radius 3 is 2.57 bits per heavy atom. The summed E-state index contributed by atoms with van der Waals surface area (Å²) in [4.78, 5) is 10.4. The Bertz CT molecular complexity index is 311. The first-order valence-electron chi connectivity index (χ1n) is 4.23. The van der Waals surface area contributed by atoms with E-state index in [1.165, 1.54) is 0 Å². The van der Waals surface area contributed by atoms with Gasteiger partial charge in [-0.05, 0) is 19.1 Å². The number of benzene rings is 1. The Morgan fingerprint density at radius 2 is 2.07 bits per heavy atom. The monoisotopic (exact) mass is 197 g/mol. The number of aliphatic carboxylic acids is 1. The van der Waals surface area contributed by atoms with Gasteiger partial charge in [-0.15, -0.1) is 0 Å². The summed E-state index contributed by atoms with van der Waals surface area (Å²) < 4.78 is 13.2. The van der Waals surface area contributed by atoms with Crippen molar-refractivity contribution in [2.45, 2.75) is 12.6 Å². The van der Waals surface area contributed by atoms with Crippen molar-refractivity contribution in [3.05, 3.63) is 30.3 Å². The van der Waals surface area contributed by atoms with Gasteiger partial charge in [0.2, 0.25) is 5.67 Å². The van der Waals surface area contributed by atoms with Crippen molar-refractivity contribution >= 4 is 11.7 Å². The average molecular weight is 197 g/mol. The van der Waals surface area contributed by atoms with Crippen molar-refractivity contribution in [1.82, 2.24) is 0 Å². The third-order valence-electron chi connectivity index (χ3n) is 1.84. The van der Waals surface area contributed by atoms with Crippen molar-refractivity contribution in [3.8, 4) is 0 Å². The van der Waals surface area contributed by atoms with E-state index in [1.54, 1.807) is 24.3 Å². The highest BCUT2D eigenvalue weighted by Gasteiger charge is 2.32. The van der Waals surface area contributed by atoms with E-state index in [4.69, 9.17) is 5.11 Å². The van der Waals surface area contributed by atoms with Crippen molar-refractivity contribution < 1.29 is 14.3 Å². The van der Waals surface area contributed by atoms with E-state index in [9.17, 15) is 9.18 Å². The molecule has 0 saturated carbocycles. The Labute approximate surface area is 81.6 Å². The second kappa shape index (κ2) is 4.09. The maximum absolute atomic E-state index is 13.2. The van der Waals surface area contributed by atoms with E-state index >= 15 is 0 Å². The third-order valence-corrected chi connectivity index (χ3v) is 1.84. The first-order chi connectivity index (χ1) is 6.52. The SMILES string of the molecule is CC(F)(CNc1ccccc1)C(=O)O. The highest BCUT2D eigenvalue weighted by atomic mass is 19.1. The highest BCUT2D eigenvalue weighted by molar-refractivity contribution is 5.77. The zero-order valence-corrected chi connectivity index (χ0v) is 7.83. The summed E-state index contributed by atoms with van der Waals surface area (Å²) in [5.74, 6) is -1.46. The number of nitrogens with one attached hydrogen (secondary N) is 1.